The van der Waals surface area contributed by atoms with Crippen molar-refractivity contribution in [2.24, 2.45) is 0 Å². The van der Waals surface area contributed by atoms with E-state index in [4.69, 9.17) is 4.74 Å². The lowest BCUT2D eigenvalue weighted by Crippen LogP contribution is -2.30. The van der Waals surface area contributed by atoms with E-state index in [0.29, 0.717) is 18.9 Å². The molecule has 0 bridgehead atoms. The molecule has 1 atom stereocenters. The molecule has 100 valence electrons. The van der Waals surface area contributed by atoms with Gasteiger partial charge in [0.1, 0.15) is 27.9 Å². The summed E-state index contributed by atoms with van der Waals surface area (Å²) in [5.74, 6) is 0.979. The van der Waals surface area contributed by atoms with Crippen molar-refractivity contribution in [2.75, 3.05) is 32.2 Å². The van der Waals surface area contributed by atoms with E-state index >= 15 is 0 Å². The van der Waals surface area contributed by atoms with E-state index < -0.39 is 9.84 Å². The van der Waals surface area contributed by atoms with Gasteiger partial charge in [-0.05, 0) is 19.2 Å². The number of hydrogen-bond donors (Lipinski definition) is 1. The minimum Gasteiger partial charge on any atom is -0.508 e. The smallest absolute Gasteiger partial charge is 0.148 e. The summed E-state index contributed by atoms with van der Waals surface area (Å²) >= 11 is 0. The van der Waals surface area contributed by atoms with Gasteiger partial charge in [-0.3, -0.25) is 4.90 Å². The quantitative estimate of drug-likeness (QED) is 0.877. The van der Waals surface area contributed by atoms with Gasteiger partial charge in [-0.25, -0.2) is 8.42 Å². The Balaban J connectivity index is 2.09. The Labute approximate surface area is 107 Å². The molecule has 5 nitrogen and oxygen atoms in total. The number of sulfone groups is 1. The van der Waals surface area contributed by atoms with Crippen LogP contribution in [-0.4, -0.2) is 50.6 Å². The molecule has 1 aliphatic rings. The summed E-state index contributed by atoms with van der Waals surface area (Å²) in [6.07, 6.45) is 1.23. The Morgan fingerprint density at radius 3 is 2.89 bits per heavy atom. The Bertz CT molecular complexity index is 541. The number of hydrogen-bond acceptors (Lipinski definition) is 5. The average molecular weight is 271 g/mol. The van der Waals surface area contributed by atoms with Crippen LogP contribution in [-0.2, 0) is 9.84 Å². The number of likely N-dealkylation sites (N-methyl/N-ethyl adjacent to an activating group) is 1. The van der Waals surface area contributed by atoms with Crippen molar-refractivity contribution in [1.82, 2.24) is 4.90 Å². The van der Waals surface area contributed by atoms with Crippen LogP contribution >= 0.6 is 0 Å². The minimum atomic E-state index is -2.96. The van der Waals surface area contributed by atoms with Crippen molar-refractivity contribution < 1.29 is 18.3 Å². The van der Waals surface area contributed by atoms with Gasteiger partial charge in [0.25, 0.3) is 0 Å². The Kier molecular flexibility index (Phi) is 3.49. The van der Waals surface area contributed by atoms with E-state index in [1.165, 1.54) is 6.26 Å². The number of nitrogens with zero attached hydrogens (tertiary/aromatic N) is 1. The Morgan fingerprint density at radius 2 is 2.22 bits per heavy atom. The van der Waals surface area contributed by atoms with Gasteiger partial charge < -0.3 is 9.84 Å². The van der Waals surface area contributed by atoms with E-state index in [1.54, 1.807) is 12.1 Å². The lowest BCUT2D eigenvalue weighted by Gasteiger charge is -2.22. The van der Waals surface area contributed by atoms with Crippen LogP contribution in [0, 0.1) is 0 Å². The third-order valence-corrected chi connectivity index (χ3v) is 4.02. The first-order chi connectivity index (χ1) is 8.37. The summed E-state index contributed by atoms with van der Waals surface area (Å²) in [6, 6.07) is 5.06. The normalized spacial score (nSPS) is 18.7. The lowest BCUT2D eigenvalue weighted by molar-refractivity contribution is 0.204. The van der Waals surface area contributed by atoms with Crippen molar-refractivity contribution in [1.29, 1.82) is 0 Å². The number of phenols is 1. The summed E-state index contributed by atoms with van der Waals surface area (Å²) in [5.41, 5.74) is 0.990. The van der Waals surface area contributed by atoms with Crippen LogP contribution in [0.25, 0.3) is 0 Å². The molecule has 0 spiro atoms. The summed E-state index contributed by atoms with van der Waals surface area (Å²) in [4.78, 5) is 1.96. The molecule has 1 aliphatic heterocycles. The van der Waals surface area contributed by atoms with Gasteiger partial charge in [-0.15, -0.1) is 0 Å². The number of benzene rings is 1. The molecule has 1 aromatic carbocycles. The molecule has 18 heavy (non-hydrogen) atoms. The Morgan fingerprint density at radius 1 is 1.50 bits per heavy atom. The highest BCUT2D eigenvalue weighted by atomic mass is 32.2. The molecule has 0 aromatic heterocycles. The van der Waals surface area contributed by atoms with Gasteiger partial charge in [-0.1, -0.05) is 0 Å². The maximum atomic E-state index is 11.1. The number of aromatic hydroxyl groups is 1. The van der Waals surface area contributed by atoms with Crippen molar-refractivity contribution in [3.63, 3.8) is 0 Å². The van der Waals surface area contributed by atoms with Gasteiger partial charge in [0.05, 0.1) is 11.8 Å². The van der Waals surface area contributed by atoms with Crippen LogP contribution in [0.5, 0.6) is 11.5 Å². The predicted octanol–water partition coefficient (Wildman–Crippen LogP) is 0.802. The number of rotatable bonds is 4. The zero-order valence-electron chi connectivity index (χ0n) is 10.5. The summed E-state index contributed by atoms with van der Waals surface area (Å²) in [6.45, 7) is 0.951. The highest BCUT2D eigenvalue weighted by Gasteiger charge is 2.28. The zero-order chi connectivity index (χ0) is 13.3. The molecule has 0 saturated heterocycles. The first-order valence-electron chi connectivity index (χ1n) is 5.70. The topological polar surface area (TPSA) is 66.8 Å². The second-order valence-electron chi connectivity index (χ2n) is 4.66. The lowest BCUT2D eigenvalue weighted by atomic mass is 10.1. The maximum Gasteiger partial charge on any atom is 0.148 e. The summed E-state index contributed by atoms with van der Waals surface area (Å²) in [5, 5.41) is 9.36. The number of ether oxygens (including phenoxy) is 1. The van der Waals surface area contributed by atoms with E-state index in [0.717, 1.165) is 5.56 Å². The molecule has 2 rings (SSSR count). The molecule has 0 fully saturated rings. The first kappa shape index (κ1) is 13.2. The fourth-order valence-corrected chi connectivity index (χ4v) is 2.63. The molecule has 6 heteroatoms. The standard InChI is InChI=1S/C12H17NO4S/c1-13(5-6-18(2,15)16)11-8-17-12-7-9(14)3-4-10(11)12/h3-4,7,11,14H,5-6,8H2,1-2H3. The fraction of sp³-hybridized carbons (Fsp3) is 0.500. The van der Waals surface area contributed by atoms with Crippen LogP contribution in [0.3, 0.4) is 0 Å². The van der Waals surface area contributed by atoms with Gasteiger partial charge in [0, 0.05) is 24.4 Å². The largest absolute Gasteiger partial charge is 0.508 e. The van der Waals surface area contributed by atoms with Crippen LogP contribution < -0.4 is 4.74 Å². The van der Waals surface area contributed by atoms with Gasteiger partial charge >= 0.3 is 0 Å². The van der Waals surface area contributed by atoms with Crippen molar-refractivity contribution >= 4 is 9.84 Å². The molecule has 0 amide bonds. The van der Waals surface area contributed by atoms with Crippen LogP contribution in [0.2, 0.25) is 0 Å². The third-order valence-electron chi connectivity index (χ3n) is 3.10. The van der Waals surface area contributed by atoms with Gasteiger partial charge in [0.15, 0.2) is 0 Å². The SMILES string of the molecule is CN(CCS(C)(=O)=O)C1COc2cc(O)ccc21. The second kappa shape index (κ2) is 4.78. The zero-order valence-corrected chi connectivity index (χ0v) is 11.3. The molecule has 0 saturated carbocycles. The van der Waals surface area contributed by atoms with E-state index in [2.05, 4.69) is 0 Å². The summed E-state index contributed by atoms with van der Waals surface area (Å²) < 4.78 is 27.8. The van der Waals surface area contributed by atoms with Crippen molar-refractivity contribution in [3.05, 3.63) is 23.8 Å². The Hall–Kier alpha value is -1.27. The van der Waals surface area contributed by atoms with Crippen molar-refractivity contribution in [2.45, 2.75) is 6.04 Å². The molecule has 0 radical (unpaired) electrons. The minimum absolute atomic E-state index is 0.0438. The average Bonchev–Trinajstić information content (AvgIpc) is 2.67. The first-order valence-corrected chi connectivity index (χ1v) is 7.76. The van der Waals surface area contributed by atoms with E-state index in [1.807, 2.05) is 18.0 Å². The molecular weight excluding hydrogens is 254 g/mol. The predicted molar refractivity (Wildman–Crippen MR) is 68.7 cm³/mol. The highest BCUT2D eigenvalue weighted by molar-refractivity contribution is 7.90. The molecule has 0 aliphatic carbocycles. The fourth-order valence-electron chi connectivity index (χ4n) is 2.01. The maximum absolute atomic E-state index is 11.1. The van der Waals surface area contributed by atoms with Crippen LogP contribution in [0.15, 0.2) is 18.2 Å². The second-order valence-corrected chi connectivity index (χ2v) is 6.92. The molecule has 1 N–H and O–H groups in total. The van der Waals surface area contributed by atoms with E-state index in [9.17, 15) is 13.5 Å². The third kappa shape index (κ3) is 2.94. The monoisotopic (exact) mass is 271 g/mol. The molecular formula is C12H17NO4S. The number of phenolic OH excluding ortho intramolecular Hbond substituents is 1. The molecule has 1 aromatic rings. The molecule has 1 unspecified atom stereocenters. The number of fused-ring (bicyclic) bond motifs is 1. The summed E-state index contributed by atoms with van der Waals surface area (Å²) in [7, 11) is -1.08. The molecule has 1 heterocycles. The van der Waals surface area contributed by atoms with Crippen LogP contribution in [0.1, 0.15) is 11.6 Å². The highest BCUT2D eigenvalue weighted by Crippen LogP contribution is 2.37. The van der Waals surface area contributed by atoms with Crippen molar-refractivity contribution in [3.8, 4) is 11.5 Å². The van der Waals surface area contributed by atoms with E-state index in [-0.39, 0.29) is 17.5 Å². The van der Waals surface area contributed by atoms with Gasteiger partial charge in [-0.2, -0.15) is 0 Å². The van der Waals surface area contributed by atoms with Crippen LogP contribution in [0.4, 0.5) is 0 Å². The van der Waals surface area contributed by atoms with Gasteiger partial charge in [0.2, 0.25) is 0 Å².